The van der Waals surface area contributed by atoms with Gasteiger partial charge in [-0.2, -0.15) is 0 Å². The summed E-state index contributed by atoms with van der Waals surface area (Å²) < 4.78 is 22.2. The lowest BCUT2D eigenvalue weighted by Gasteiger charge is -2.31. The maximum atomic E-state index is 11.1. The Kier molecular flexibility index (Phi) is 7.28. The van der Waals surface area contributed by atoms with Crippen LogP contribution in [0.3, 0.4) is 0 Å². The first-order chi connectivity index (χ1) is 7.63. The standard InChI is InChI=1S/C12H28N2O2S/c1-10(2)14(11(3)4)8-7-13-12(5)9-17(6,15)16/h10-13H,7-9H2,1-6H3. The van der Waals surface area contributed by atoms with Crippen molar-refractivity contribution in [3.63, 3.8) is 0 Å². The average Bonchev–Trinajstić information content (AvgIpc) is 2.07. The van der Waals surface area contributed by atoms with Crippen molar-refractivity contribution in [1.29, 1.82) is 0 Å². The van der Waals surface area contributed by atoms with Gasteiger partial charge in [-0.25, -0.2) is 8.42 Å². The van der Waals surface area contributed by atoms with Gasteiger partial charge in [0, 0.05) is 37.5 Å². The van der Waals surface area contributed by atoms with Gasteiger partial charge in [-0.05, 0) is 34.6 Å². The first kappa shape index (κ1) is 16.9. The number of nitrogens with zero attached hydrogens (tertiary/aromatic N) is 1. The summed E-state index contributed by atoms with van der Waals surface area (Å²) in [6.45, 7) is 12.4. The highest BCUT2D eigenvalue weighted by molar-refractivity contribution is 7.90. The first-order valence-electron chi connectivity index (χ1n) is 6.30. The molecular formula is C12H28N2O2S. The number of hydrogen-bond donors (Lipinski definition) is 1. The van der Waals surface area contributed by atoms with E-state index in [9.17, 15) is 8.42 Å². The molecule has 1 atom stereocenters. The minimum Gasteiger partial charge on any atom is -0.312 e. The maximum Gasteiger partial charge on any atom is 0.148 e. The Morgan fingerprint density at radius 3 is 1.88 bits per heavy atom. The van der Waals surface area contributed by atoms with E-state index in [0.717, 1.165) is 13.1 Å². The van der Waals surface area contributed by atoms with Crippen molar-refractivity contribution >= 4 is 9.84 Å². The summed E-state index contributed by atoms with van der Waals surface area (Å²) >= 11 is 0. The van der Waals surface area contributed by atoms with E-state index in [1.165, 1.54) is 6.26 Å². The first-order valence-corrected chi connectivity index (χ1v) is 8.36. The van der Waals surface area contributed by atoms with E-state index in [2.05, 4.69) is 37.9 Å². The Bertz CT molecular complexity index is 292. The molecule has 1 unspecified atom stereocenters. The summed E-state index contributed by atoms with van der Waals surface area (Å²) in [6, 6.07) is 1.05. The van der Waals surface area contributed by atoms with E-state index < -0.39 is 9.84 Å². The van der Waals surface area contributed by atoms with Gasteiger partial charge in [0.05, 0.1) is 5.75 Å². The predicted octanol–water partition coefficient (Wildman–Crippen LogP) is 1.13. The maximum absolute atomic E-state index is 11.1. The van der Waals surface area contributed by atoms with Crippen LogP contribution in [0, 0.1) is 0 Å². The van der Waals surface area contributed by atoms with Gasteiger partial charge in [0.2, 0.25) is 0 Å². The fourth-order valence-electron chi connectivity index (χ4n) is 2.07. The molecule has 0 saturated carbocycles. The van der Waals surface area contributed by atoms with Crippen LogP contribution >= 0.6 is 0 Å². The van der Waals surface area contributed by atoms with Crippen LogP contribution in [0.4, 0.5) is 0 Å². The van der Waals surface area contributed by atoms with Gasteiger partial charge < -0.3 is 5.32 Å². The molecule has 0 amide bonds. The van der Waals surface area contributed by atoms with Gasteiger partial charge in [-0.1, -0.05) is 0 Å². The van der Waals surface area contributed by atoms with Gasteiger partial charge in [0.1, 0.15) is 9.84 Å². The molecule has 0 rings (SSSR count). The van der Waals surface area contributed by atoms with Crippen LogP contribution in [-0.2, 0) is 9.84 Å². The lowest BCUT2D eigenvalue weighted by Crippen LogP contribution is -2.44. The highest BCUT2D eigenvalue weighted by Gasteiger charge is 2.14. The number of hydrogen-bond acceptors (Lipinski definition) is 4. The van der Waals surface area contributed by atoms with Gasteiger partial charge in [-0.15, -0.1) is 0 Å². The van der Waals surface area contributed by atoms with Crippen molar-refractivity contribution in [2.75, 3.05) is 25.1 Å². The van der Waals surface area contributed by atoms with Crippen LogP contribution in [0.1, 0.15) is 34.6 Å². The summed E-state index contributed by atoms with van der Waals surface area (Å²) in [7, 11) is -2.88. The number of nitrogens with one attached hydrogen (secondary N) is 1. The molecule has 5 heteroatoms. The Labute approximate surface area is 107 Å². The second-order valence-electron chi connectivity index (χ2n) is 5.37. The monoisotopic (exact) mass is 264 g/mol. The highest BCUT2D eigenvalue weighted by atomic mass is 32.2. The van der Waals surface area contributed by atoms with Crippen molar-refractivity contribution in [3.05, 3.63) is 0 Å². The Hall–Kier alpha value is -0.130. The summed E-state index contributed by atoms with van der Waals surface area (Å²) in [6.07, 6.45) is 1.28. The molecule has 0 aliphatic heterocycles. The molecule has 0 heterocycles. The highest BCUT2D eigenvalue weighted by Crippen LogP contribution is 2.03. The fraction of sp³-hybridized carbons (Fsp3) is 1.00. The zero-order chi connectivity index (χ0) is 13.6. The SMILES string of the molecule is CC(CS(C)(=O)=O)NCCN(C(C)C)C(C)C. The third-order valence-electron chi connectivity index (χ3n) is 2.74. The topological polar surface area (TPSA) is 49.4 Å². The molecule has 0 aromatic rings. The zero-order valence-corrected chi connectivity index (χ0v) is 12.8. The number of sulfone groups is 1. The molecule has 0 saturated heterocycles. The van der Waals surface area contributed by atoms with Crippen molar-refractivity contribution in [2.45, 2.75) is 52.7 Å². The Balaban J connectivity index is 3.97. The molecule has 0 aromatic carbocycles. The van der Waals surface area contributed by atoms with Crippen LogP contribution < -0.4 is 5.32 Å². The van der Waals surface area contributed by atoms with Crippen LogP contribution in [-0.4, -0.2) is 56.5 Å². The lowest BCUT2D eigenvalue weighted by molar-refractivity contribution is 0.174. The lowest BCUT2D eigenvalue weighted by atomic mass is 10.2. The van der Waals surface area contributed by atoms with E-state index >= 15 is 0 Å². The fourth-order valence-corrected chi connectivity index (χ4v) is 3.09. The molecule has 0 aliphatic carbocycles. The van der Waals surface area contributed by atoms with E-state index in [0.29, 0.717) is 12.1 Å². The molecule has 0 aromatic heterocycles. The molecule has 0 aliphatic rings. The van der Waals surface area contributed by atoms with E-state index in [4.69, 9.17) is 0 Å². The normalized spacial score (nSPS) is 14.9. The van der Waals surface area contributed by atoms with Crippen molar-refractivity contribution in [2.24, 2.45) is 0 Å². The van der Waals surface area contributed by atoms with Gasteiger partial charge in [0.25, 0.3) is 0 Å². The molecule has 0 spiro atoms. The Morgan fingerprint density at radius 2 is 1.53 bits per heavy atom. The third kappa shape index (κ3) is 8.57. The zero-order valence-electron chi connectivity index (χ0n) is 12.0. The molecule has 17 heavy (non-hydrogen) atoms. The second-order valence-corrected chi connectivity index (χ2v) is 7.56. The molecule has 104 valence electrons. The summed E-state index contributed by atoms with van der Waals surface area (Å²) in [5.41, 5.74) is 0. The van der Waals surface area contributed by atoms with Crippen molar-refractivity contribution in [1.82, 2.24) is 10.2 Å². The van der Waals surface area contributed by atoms with E-state index in [1.807, 2.05) is 6.92 Å². The van der Waals surface area contributed by atoms with Gasteiger partial charge >= 0.3 is 0 Å². The number of rotatable bonds is 8. The molecular weight excluding hydrogens is 236 g/mol. The summed E-state index contributed by atoms with van der Waals surface area (Å²) in [5.74, 6) is 0.205. The van der Waals surface area contributed by atoms with Crippen LogP contribution in [0.5, 0.6) is 0 Å². The van der Waals surface area contributed by atoms with Crippen LogP contribution in [0.25, 0.3) is 0 Å². The van der Waals surface area contributed by atoms with Gasteiger partial charge in [-0.3, -0.25) is 4.90 Å². The minimum absolute atomic E-state index is 0.0196. The third-order valence-corrected chi connectivity index (χ3v) is 3.85. The van der Waals surface area contributed by atoms with Crippen LogP contribution in [0.15, 0.2) is 0 Å². The average molecular weight is 264 g/mol. The quantitative estimate of drug-likeness (QED) is 0.714. The molecule has 0 radical (unpaired) electrons. The smallest absolute Gasteiger partial charge is 0.148 e. The summed E-state index contributed by atoms with van der Waals surface area (Å²) in [4.78, 5) is 2.39. The predicted molar refractivity (Wildman–Crippen MR) is 74.2 cm³/mol. The second kappa shape index (κ2) is 7.34. The minimum atomic E-state index is -2.88. The molecule has 0 bridgehead atoms. The largest absolute Gasteiger partial charge is 0.312 e. The van der Waals surface area contributed by atoms with E-state index in [1.54, 1.807) is 0 Å². The molecule has 0 fully saturated rings. The van der Waals surface area contributed by atoms with E-state index in [-0.39, 0.29) is 11.8 Å². The van der Waals surface area contributed by atoms with Gasteiger partial charge in [0.15, 0.2) is 0 Å². The van der Waals surface area contributed by atoms with Crippen molar-refractivity contribution in [3.8, 4) is 0 Å². The molecule has 1 N–H and O–H groups in total. The summed E-state index contributed by atoms with van der Waals surface area (Å²) in [5, 5.41) is 3.26. The Morgan fingerprint density at radius 1 is 1.06 bits per heavy atom. The molecule has 4 nitrogen and oxygen atoms in total. The van der Waals surface area contributed by atoms with Crippen LogP contribution in [0.2, 0.25) is 0 Å². The van der Waals surface area contributed by atoms with Crippen molar-refractivity contribution < 1.29 is 8.42 Å².